The van der Waals surface area contributed by atoms with Gasteiger partial charge in [-0.1, -0.05) is 13.8 Å². The maximum atomic E-state index is 5.76. The minimum atomic E-state index is 0.646. The van der Waals surface area contributed by atoms with Crippen LogP contribution in [0, 0.1) is 5.92 Å². The average Bonchev–Trinajstić information content (AvgIpc) is 2.51. The molecule has 0 radical (unpaired) electrons. The summed E-state index contributed by atoms with van der Waals surface area (Å²) in [5.41, 5.74) is 5.76. The van der Waals surface area contributed by atoms with Crippen molar-refractivity contribution in [2.75, 3.05) is 19.6 Å². The maximum Gasteiger partial charge on any atom is 0.0220 e. The fourth-order valence-corrected chi connectivity index (χ4v) is 2.05. The third-order valence-electron chi connectivity index (χ3n) is 2.67. The van der Waals surface area contributed by atoms with Gasteiger partial charge in [0.05, 0.1) is 0 Å². The molecule has 1 saturated heterocycles. The minimum absolute atomic E-state index is 0.646. The van der Waals surface area contributed by atoms with E-state index >= 15 is 0 Å². The number of likely N-dealkylation sites (tertiary alicyclic amines) is 1. The first-order valence-corrected chi connectivity index (χ1v) is 5.18. The molecule has 0 amide bonds. The van der Waals surface area contributed by atoms with Crippen molar-refractivity contribution in [1.29, 1.82) is 0 Å². The summed E-state index contributed by atoms with van der Waals surface area (Å²) in [6.45, 7) is 7.93. The molecule has 0 aromatic carbocycles. The summed E-state index contributed by atoms with van der Waals surface area (Å²) < 4.78 is 0. The predicted molar refractivity (Wildman–Crippen MR) is 53.1 cm³/mol. The van der Waals surface area contributed by atoms with Crippen molar-refractivity contribution >= 4 is 0 Å². The molecule has 1 heterocycles. The lowest BCUT2D eigenvalue weighted by Gasteiger charge is -2.27. The fourth-order valence-electron chi connectivity index (χ4n) is 2.05. The quantitative estimate of drug-likeness (QED) is 0.692. The van der Waals surface area contributed by atoms with Crippen LogP contribution in [-0.4, -0.2) is 30.6 Å². The van der Waals surface area contributed by atoms with Crippen molar-refractivity contribution in [3.8, 4) is 0 Å². The monoisotopic (exact) mass is 170 g/mol. The molecule has 1 aliphatic heterocycles. The highest BCUT2D eigenvalue weighted by Crippen LogP contribution is 2.16. The van der Waals surface area contributed by atoms with E-state index in [1.165, 1.54) is 32.4 Å². The molecule has 0 bridgehead atoms. The van der Waals surface area contributed by atoms with Crippen LogP contribution in [0.5, 0.6) is 0 Å². The smallest absolute Gasteiger partial charge is 0.0220 e. The third kappa shape index (κ3) is 2.76. The van der Waals surface area contributed by atoms with Gasteiger partial charge in [-0.25, -0.2) is 0 Å². The Morgan fingerprint density at radius 3 is 2.25 bits per heavy atom. The number of nitrogens with two attached hydrogens (primary N) is 1. The summed E-state index contributed by atoms with van der Waals surface area (Å²) in [7, 11) is 0. The molecule has 0 aromatic heterocycles. The molecular weight excluding hydrogens is 148 g/mol. The van der Waals surface area contributed by atoms with Crippen molar-refractivity contribution < 1.29 is 0 Å². The van der Waals surface area contributed by atoms with E-state index in [-0.39, 0.29) is 0 Å². The third-order valence-corrected chi connectivity index (χ3v) is 2.67. The first-order chi connectivity index (χ1) is 5.74. The molecule has 1 fully saturated rings. The Hall–Kier alpha value is -0.0800. The Morgan fingerprint density at radius 2 is 1.83 bits per heavy atom. The van der Waals surface area contributed by atoms with Gasteiger partial charge in [0.1, 0.15) is 0 Å². The normalized spacial score (nSPS) is 22.0. The highest BCUT2D eigenvalue weighted by atomic mass is 15.2. The van der Waals surface area contributed by atoms with Gasteiger partial charge in [-0.15, -0.1) is 0 Å². The Kier molecular flexibility index (Phi) is 4.02. The van der Waals surface area contributed by atoms with Gasteiger partial charge in [0, 0.05) is 12.6 Å². The van der Waals surface area contributed by atoms with Crippen LogP contribution in [0.4, 0.5) is 0 Å². The Balaban J connectivity index is 2.32. The zero-order valence-corrected chi connectivity index (χ0v) is 8.42. The highest BCUT2D eigenvalue weighted by Gasteiger charge is 2.20. The van der Waals surface area contributed by atoms with Crippen LogP contribution < -0.4 is 5.73 Å². The molecule has 2 nitrogen and oxygen atoms in total. The molecule has 2 N–H and O–H groups in total. The molecular formula is C10H22N2. The van der Waals surface area contributed by atoms with Gasteiger partial charge in [0.15, 0.2) is 0 Å². The molecule has 12 heavy (non-hydrogen) atoms. The number of hydrogen-bond donors (Lipinski definition) is 1. The van der Waals surface area contributed by atoms with Gasteiger partial charge >= 0.3 is 0 Å². The van der Waals surface area contributed by atoms with Crippen LogP contribution >= 0.6 is 0 Å². The van der Waals surface area contributed by atoms with Crippen molar-refractivity contribution in [2.45, 2.75) is 39.2 Å². The van der Waals surface area contributed by atoms with Gasteiger partial charge in [-0.3, -0.25) is 4.90 Å². The van der Waals surface area contributed by atoms with E-state index in [0.29, 0.717) is 6.04 Å². The lowest BCUT2D eigenvalue weighted by molar-refractivity contribution is 0.218. The molecule has 0 unspecified atom stereocenters. The van der Waals surface area contributed by atoms with Crippen LogP contribution in [0.1, 0.15) is 33.1 Å². The SMILES string of the molecule is CC(C)C[C@H](CN)N1CCCC1. The molecule has 1 aliphatic rings. The van der Waals surface area contributed by atoms with E-state index in [1.807, 2.05) is 0 Å². The standard InChI is InChI=1S/C10H22N2/c1-9(2)7-10(8-11)12-5-3-4-6-12/h9-10H,3-8,11H2,1-2H3/t10-/m1/s1. The molecule has 1 atom stereocenters. The van der Waals surface area contributed by atoms with E-state index < -0.39 is 0 Å². The molecule has 0 aliphatic carbocycles. The molecule has 0 spiro atoms. The Bertz CT molecular complexity index is 117. The van der Waals surface area contributed by atoms with Crippen molar-refractivity contribution in [2.24, 2.45) is 11.7 Å². The molecule has 2 heteroatoms. The zero-order chi connectivity index (χ0) is 8.97. The van der Waals surface area contributed by atoms with Crippen molar-refractivity contribution in [1.82, 2.24) is 4.90 Å². The summed E-state index contributed by atoms with van der Waals surface area (Å²) in [5.74, 6) is 0.777. The van der Waals surface area contributed by atoms with Gasteiger partial charge < -0.3 is 5.73 Å². The highest BCUT2D eigenvalue weighted by molar-refractivity contribution is 4.77. The summed E-state index contributed by atoms with van der Waals surface area (Å²) in [6.07, 6.45) is 4.00. The lowest BCUT2D eigenvalue weighted by Crippen LogP contribution is -2.39. The molecule has 1 rings (SSSR count). The summed E-state index contributed by atoms with van der Waals surface area (Å²) in [6, 6.07) is 0.646. The second-order valence-corrected chi connectivity index (χ2v) is 4.26. The summed E-state index contributed by atoms with van der Waals surface area (Å²) in [5, 5.41) is 0. The van der Waals surface area contributed by atoms with Crippen LogP contribution in [0.15, 0.2) is 0 Å². The van der Waals surface area contributed by atoms with E-state index in [2.05, 4.69) is 18.7 Å². The zero-order valence-electron chi connectivity index (χ0n) is 8.42. The number of hydrogen-bond acceptors (Lipinski definition) is 2. The van der Waals surface area contributed by atoms with Gasteiger partial charge in [-0.2, -0.15) is 0 Å². The van der Waals surface area contributed by atoms with Crippen molar-refractivity contribution in [3.05, 3.63) is 0 Å². The number of rotatable bonds is 4. The topological polar surface area (TPSA) is 29.3 Å². The summed E-state index contributed by atoms with van der Waals surface area (Å²) in [4.78, 5) is 2.56. The van der Waals surface area contributed by atoms with Crippen LogP contribution in [0.3, 0.4) is 0 Å². The van der Waals surface area contributed by atoms with E-state index in [9.17, 15) is 0 Å². The molecule has 72 valence electrons. The van der Waals surface area contributed by atoms with Crippen LogP contribution in [0.25, 0.3) is 0 Å². The first-order valence-electron chi connectivity index (χ1n) is 5.18. The number of nitrogens with zero attached hydrogens (tertiary/aromatic N) is 1. The van der Waals surface area contributed by atoms with E-state index in [4.69, 9.17) is 5.73 Å². The Labute approximate surface area is 76.1 Å². The second-order valence-electron chi connectivity index (χ2n) is 4.26. The van der Waals surface area contributed by atoms with Crippen LogP contribution in [-0.2, 0) is 0 Å². The van der Waals surface area contributed by atoms with Gasteiger partial charge in [0.25, 0.3) is 0 Å². The predicted octanol–water partition coefficient (Wildman–Crippen LogP) is 1.46. The van der Waals surface area contributed by atoms with Crippen LogP contribution in [0.2, 0.25) is 0 Å². The lowest BCUT2D eigenvalue weighted by atomic mass is 10.0. The van der Waals surface area contributed by atoms with Crippen molar-refractivity contribution in [3.63, 3.8) is 0 Å². The van der Waals surface area contributed by atoms with Gasteiger partial charge in [-0.05, 0) is 38.3 Å². The first kappa shape index (κ1) is 10.0. The molecule has 0 saturated carbocycles. The second kappa shape index (κ2) is 4.83. The minimum Gasteiger partial charge on any atom is -0.329 e. The van der Waals surface area contributed by atoms with Gasteiger partial charge in [0.2, 0.25) is 0 Å². The maximum absolute atomic E-state index is 5.76. The largest absolute Gasteiger partial charge is 0.329 e. The van der Waals surface area contributed by atoms with E-state index in [0.717, 1.165) is 12.5 Å². The summed E-state index contributed by atoms with van der Waals surface area (Å²) >= 11 is 0. The van der Waals surface area contributed by atoms with E-state index in [1.54, 1.807) is 0 Å². The molecule has 0 aromatic rings. The Morgan fingerprint density at radius 1 is 1.25 bits per heavy atom. The fraction of sp³-hybridized carbons (Fsp3) is 1.00. The average molecular weight is 170 g/mol.